The molecule has 1 aromatic heterocycles. The summed E-state index contributed by atoms with van der Waals surface area (Å²) in [5.41, 5.74) is 0.632. The molecule has 0 saturated carbocycles. The van der Waals surface area contributed by atoms with Crippen LogP contribution in [0.2, 0.25) is 0 Å². The first-order valence-electron chi connectivity index (χ1n) is 8.66. The van der Waals surface area contributed by atoms with E-state index in [1.807, 2.05) is 6.07 Å². The van der Waals surface area contributed by atoms with E-state index in [0.29, 0.717) is 10.4 Å². The molecule has 0 unspecified atom stereocenters. The van der Waals surface area contributed by atoms with Crippen molar-refractivity contribution in [2.45, 2.75) is 4.90 Å². The number of carboxylic acid groups (broad SMARTS) is 2. The van der Waals surface area contributed by atoms with Gasteiger partial charge in [0.05, 0.1) is 14.9 Å². The van der Waals surface area contributed by atoms with Gasteiger partial charge in [-0.2, -0.15) is 5.26 Å². The maximum absolute atomic E-state index is 12.8. The van der Waals surface area contributed by atoms with E-state index in [1.54, 1.807) is 18.2 Å². The minimum Gasteiger partial charge on any atom is -0.479 e. The monoisotopic (exact) mass is 536 g/mol. The van der Waals surface area contributed by atoms with Gasteiger partial charge in [0.1, 0.15) is 11.0 Å². The summed E-state index contributed by atoms with van der Waals surface area (Å²) >= 11 is 4.10. The van der Waals surface area contributed by atoms with E-state index < -0.39 is 28.6 Å². The summed E-state index contributed by atoms with van der Waals surface area (Å²) in [4.78, 5) is 22.4. The maximum Gasteiger partial charge on any atom is 0.349 e. The van der Waals surface area contributed by atoms with E-state index in [0.717, 1.165) is 11.3 Å². The fourth-order valence-corrected chi connectivity index (χ4v) is 5.81. The third-order valence-corrected chi connectivity index (χ3v) is 7.68. The summed E-state index contributed by atoms with van der Waals surface area (Å²) in [6.45, 7) is -0.729. The number of carboxylic acids is 2. The number of aliphatic carboxylic acids is 1. The second-order valence-corrected chi connectivity index (χ2v) is 9.65. The number of anilines is 1. The minimum atomic E-state index is -4.06. The van der Waals surface area contributed by atoms with E-state index >= 15 is 0 Å². The predicted molar refractivity (Wildman–Crippen MR) is 120 cm³/mol. The van der Waals surface area contributed by atoms with Crippen LogP contribution in [0.3, 0.4) is 0 Å². The Labute approximate surface area is 194 Å². The fraction of sp³-hybridized carbons (Fsp3) is 0.0500. The standard InChI is InChI=1S/C20H13BrN2O7S2/c21-16-17(30-10-15(24)25)19(20(26)27)31-18(16)11-5-3-6-13(8-11)23-32(28,29)14-7-2-1-4-12(14)9-22/h1-8,23H,10H2,(H,24,25)(H,26,27). The number of rotatable bonds is 8. The lowest BCUT2D eigenvalue weighted by molar-refractivity contribution is -0.139. The van der Waals surface area contributed by atoms with Crippen molar-refractivity contribution < 1.29 is 33.0 Å². The highest BCUT2D eigenvalue weighted by atomic mass is 79.9. The zero-order valence-corrected chi connectivity index (χ0v) is 19.1. The van der Waals surface area contributed by atoms with Crippen molar-refractivity contribution in [3.8, 4) is 22.3 Å². The Bertz CT molecular complexity index is 1360. The van der Waals surface area contributed by atoms with Gasteiger partial charge in [-0.1, -0.05) is 24.3 Å². The first-order valence-corrected chi connectivity index (χ1v) is 11.8. The molecule has 0 saturated heterocycles. The van der Waals surface area contributed by atoms with Gasteiger partial charge in [-0.3, -0.25) is 4.72 Å². The van der Waals surface area contributed by atoms with Crippen LogP contribution in [0.1, 0.15) is 15.2 Å². The van der Waals surface area contributed by atoms with Gasteiger partial charge in [-0.05, 0) is 45.8 Å². The molecule has 12 heteroatoms. The Balaban J connectivity index is 2.00. The van der Waals surface area contributed by atoms with E-state index in [4.69, 9.17) is 9.84 Å². The molecule has 0 bridgehead atoms. The molecule has 0 radical (unpaired) electrons. The number of hydrogen-bond acceptors (Lipinski definition) is 7. The molecule has 0 aliphatic rings. The SMILES string of the molecule is N#Cc1ccccc1S(=O)(=O)Nc1cccc(-c2sc(C(=O)O)c(OCC(=O)O)c2Br)c1. The van der Waals surface area contributed by atoms with Crippen LogP contribution >= 0.6 is 27.3 Å². The highest BCUT2D eigenvalue weighted by Crippen LogP contribution is 2.46. The van der Waals surface area contributed by atoms with Gasteiger partial charge >= 0.3 is 11.9 Å². The zero-order valence-electron chi connectivity index (χ0n) is 15.9. The summed E-state index contributed by atoms with van der Waals surface area (Å²) in [5, 5.41) is 27.4. The van der Waals surface area contributed by atoms with Gasteiger partial charge in [-0.15, -0.1) is 11.3 Å². The van der Waals surface area contributed by atoms with Crippen LogP contribution < -0.4 is 9.46 Å². The number of carbonyl (C=O) groups is 2. The Hall–Kier alpha value is -3.40. The van der Waals surface area contributed by atoms with Crippen LogP contribution in [0.15, 0.2) is 57.9 Å². The number of thiophene rings is 1. The Morgan fingerprint density at radius 1 is 1.16 bits per heavy atom. The molecule has 0 spiro atoms. The van der Waals surface area contributed by atoms with Crippen molar-refractivity contribution >= 4 is 54.9 Å². The topological polar surface area (TPSA) is 154 Å². The molecule has 1 heterocycles. The molecule has 9 nitrogen and oxygen atoms in total. The average Bonchev–Trinajstić information content (AvgIpc) is 3.08. The van der Waals surface area contributed by atoms with Gasteiger partial charge in [0, 0.05) is 5.69 Å². The van der Waals surface area contributed by atoms with Gasteiger partial charge < -0.3 is 14.9 Å². The lowest BCUT2D eigenvalue weighted by Gasteiger charge is -2.10. The molecule has 3 aromatic rings. The Kier molecular flexibility index (Phi) is 6.83. The number of ether oxygens (including phenoxy) is 1. The lowest BCUT2D eigenvalue weighted by Crippen LogP contribution is -2.14. The highest BCUT2D eigenvalue weighted by molar-refractivity contribution is 9.10. The fourth-order valence-electron chi connectivity index (χ4n) is 2.71. The maximum atomic E-state index is 12.8. The molecule has 32 heavy (non-hydrogen) atoms. The van der Waals surface area contributed by atoms with Crippen LogP contribution in [-0.4, -0.2) is 37.2 Å². The number of sulfonamides is 1. The van der Waals surface area contributed by atoms with Crippen molar-refractivity contribution in [2.75, 3.05) is 11.3 Å². The van der Waals surface area contributed by atoms with Gasteiger partial charge in [0.15, 0.2) is 17.2 Å². The molecule has 0 amide bonds. The number of nitrogens with zero attached hydrogens (tertiary/aromatic N) is 1. The van der Waals surface area contributed by atoms with Crippen molar-refractivity contribution in [3.63, 3.8) is 0 Å². The number of aromatic carboxylic acids is 1. The smallest absolute Gasteiger partial charge is 0.349 e. The predicted octanol–water partition coefficient (Wildman–Crippen LogP) is 4.01. The third kappa shape index (κ3) is 4.91. The molecule has 2 aromatic carbocycles. The number of benzene rings is 2. The Morgan fingerprint density at radius 2 is 1.88 bits per heavy atom. The van der Waals surface area contributed by atoms with E-state index in [1.165, 1.54) is 30.3 Å². The highest BCUT2D eigenvalue weighted by Gasteiger charge is 2.25. The first-order chi connectivity index (χ1) is 15.1. The van der Waals surface area contributed by atoms with Crippen molar-refractivity contribution in [3.05, 3.63) is 63.4 Å². The number of halogens is 1. The van der Waals surface area contributed by atoms with Crippen LogP contribution in [0.5, 0.6) is 5.75 Å². The second kappa shape index (κ2) is 9.39. The third-order valence-electron chi connectivity index (χ3n) is 4.02. The molecule has 3 N–H and O–H groups in total. The largest absolute Gasteiger partial charge is 0.479 e. The average molecular weight is 537 g/mol. The summed E-state index contributed by atoms with van der Waals surface area (Å²) in [7, 11) is -4.06. The second-order valence-electron chi connectivity index (χ2n) is 6.19. The number of nitriles is 1. The van der Waals surface area contributed by atoms with Crippen LogP contribution in [0, 0.1) is 11.3 Å². The summed E-state index contributed by atoms with van der Waals surface area (Å²) in [6.07, 6.45) is 0. The van der Waals surface area contributed by atoms with E-state index in [2.05, 4.69) is 20.7 Å². The zero-order chi connectivity index (χ0) is 23.5. The lowest BCUT2D eigenvalue weighted by atomic mass is 10.1. The molecule has 0 fully saturated rings. The van der Waals surface area contributed by atoms with Crippen LogP contribution in [0.25, 0.3) is 10.4 Å². The van der Waals surface area contributed by atoms with Crippen LogP contribution in [0.4, 0.5) is 5.69 Å². The van der Waals surface area contributed by atoms with E-state index in [-0.39, 0.29) is 31.2 Å². The quantitative estimate of drug-likeness (QED) is 0.390. The van der Waals surface area contributed by atoms with Crippen LogP contribution in [-0.2, 0) is 14.8 Å². The molecule has 3 rings (SSSR count). The molecular weight excluding hydrogens is 524 g/mol. The molecule has 0 aliphatic carbocycles. The first kappa shape index (κ1) is 23.3. The van der Waals surface area contributed by atoms with Crippen molar-refractivity contribution in [1.82, 2.24) is 0 Å². The molecule has 0 aliphatic heterocycles. The van der Waals surface area contributed by atoms with Gasteiger partial charge in [0.25, 0.3) is 10.0 Å². The van der Waals surface area contributed by atoms with Gasteiger partial charge in [0.2, 0.25) is 0 Å². The molecular formula is C20H13BrN2O7S2. The van der Waals surface area contributed by atoms with Gasteiger partial charge in [-0.25, -0.2) is 18.0 Å². The van der Waals surface area contributed by atoms with Crippen molar-refractivity contribution in [2.24, 2.45) is 0 Å². The normalized spacial score (nSPS) is 10.9. The summed E-state index contributed by atoms with van der Waals surface area (Å²) < 4.78 is 33.3. The summed E-state index contributed by atoms with van der Waals surface area (Å²) in [6, 6.07) is 13.8. The Morgan fingerprint density at radius 3 is 2.53 bits per heavy atom. The minimum absolute atomic E-state index is 0.0107. The number of hydrogen-bond donors (Lipinski definition) is 3. The van der Waals surface area contributed by atoms with E-state index in [9.17, 15) is 28.4 Å². The molecule has 0 atom stereocenters. The van der Waals surface area contributed by atoms with Crippen molar-refractivity contribution in [1.29, 1.82) is 5.26 Å². The molecule has 164 valence electrons. The summed E-state index contributed by atoms with van der Waals surface area (Å²) in [5.74, 6) is -2.70. The number of nitrogens with one attached hydrogen (secondary N) is 1.